The van der Waals surface area contributed by atoms with Crippen LogP contribution in [-0.2, 0) is 18.7 Å². The van der Waals surface area contributed by atoms with E-state index in [1.54, 1.807) is 0 Å². The Labute approximate surface area is 92.8 Å². The highest BCUT2D eigenvalue weighted by atomic mass is 31.2. The van der Waals surface area contributed by atoms with E-state index in [2.05, 4.69) is 4.52 Å². The van der Waals surface area contributed by atoms with Crippen LogP contribution in [0.3, 0.4) is 0 Å². The van der Waals surface area contributed by atoms with Gasteiger partial charge >= 0.3 is 7.82 Å². The molecule has 16 heavy (non-hydrogen) atoms. The molecule has 1 aliphatic rings. The summed E-state index contributed by atoms with van der Waals surface area (Å²) < 4.78 is 20.2. The van der Waals surface area contributed by atoms with E-state index in [0.717, 1.165) is 6.34 Å². The molecule has 1 saturated heterocycles. The Morgan fingerprint density at radius 3 is 2.81 bits per heavy atom. The number of nitrogens with zero attached hydrogens (tertiary/aromatic N) is 1. The Morgan fingerprint density at radius 1 is 1.62 bits per heavy atom. The van der Waals surface area contributed by atoms with Gasteiger partial charge in [-0.15, -0.1) is 0 Å². The van der Waals surface area contributed by atoms with E-state index < -0.39 is 20.2 Å². The molecule has 3 N–H and O–H groups in total. The van der Waals surface area contributed by atoms with Crippen LogP contribution >= 0.6 is 7.82 Å². The Hall–Kier alpha value is -0.500. The second-order valence-electron chi connectivity index (χ2n) is 3.25. The molecule has 1 fully saturated rings. The van der Waals surface area contributed by atoms with Crippen molar-refractivity contribution in [2.45, 2.75) is 25.2 Å². The molecule has 1 aliphatic heterocycles. The second-order valence-corrected chi connectivity index (χ2v) is 4.49. The maximum Gasteiger partial charge on any atom is 0.469 e. The number of hydrogen-bond donors (Lipinski definition) is 3. The fourth-order valence-corrected chi connectivity index (χ4v) is 1.79. The lowest BCUT2D eigenvalue weighted by Gasteiger charge is -2.23. The average Bonchev–Trinajstić information content (AvgIpc) is 2.65. The number of hydrogen-bond acceptors (Lipinski definition) is 5. The van der Waals surface area contributed by atoms with Crippen LogP contribution in [0.15, 0.2) is 0 Å². The number of phosphoric ester groups is 1. The van der Waals surface area contributed by atoms with Crippen molar-refractivity contribution in [2.24, 2.45) is 0 Å². The smallest absolute Gasteiger partial charge is 0.350 e. The van der Waals surface area contributed by atoms with Gasteiger partial charge in [-0.3, -0.25) is 14.8 Å². The topological polar surface area (TPSA) is 112 Å². The molecular weight excluding hydrogens is 239 g/mol. The molecule has 0 amide bonds. The lowest BCUT2D eigenvalue weighted by molar-refractivity contribution is -0.180. The first-order valence-corrected chi connectivity index (χ1v) is 6.18. The highest BCUT2D eigenvalue weighted by Gasteiger charge is 2.31. The molecule has 0 aromatic rings. The maximum absolute atomic E-state index is 10.5. The van der Waals surface area contributed by atoms with Gasteiger partial charge in [0.2, 0.25) is 0 Å². The lowest BCUT2D eigenvalue weighted by atomic mass is 10.2. The lowest BCUT2D eigenvalue weighted by Crippen LogP contribution is -2.33. The summed E-state index contributed by atoms with van der Waals surface area (Å²) in [4.78, 5) is 21.9. The quantitative estimate of drug-likeness (QED) is 0.266. The molecule has 0 unspecified atom stereocenters. The fraction of sp³-hybridized carbons (Fsp3) is 0.857. The minimum absolute atomic E-state index is 0.170. The van der Waals surface area contributed by atoms with Crippen LogP contribution in [0.2, 0.25) is 0 Å². The zero-order valence-electron chi connectivity index (χ0n) is 8.78. The van der Waals surface area contributed by atoms with E-state index in [1.807, 2.05) is 0 Å². The van der Waals surface area contributed by atoms with Crippen molar-refractivity contribution in [3.05, 3.63) is 0 Å². The van der Waals surface area contributed by atoms with Crippen molar-refractivity contribution >= 4 is 14.2 Å². The van der Waals surface area contributed by atoms with Gasteiger partial charge < -0.3 is 14.5 Å². The standard InChI is InChI=1S/C7H15N2O6P/c1-13-9(5-8)7-3-2-6(15-7)4-14-16(10,11)12/h5-8H,2-4H2,1H3,(H2,10,11,12)/t6-,7+/m0/s1. The van der Waals surface area contributed by atoms with Crippen LogP contribution < -0.4 is 0 Å². The molecule has 0 saturated carbocycles. The molecule has 0 aromatic carbocycles. The third-order valence-electron chi connectivity index (χ3n) is 2.14. The molecule has 8 nitrogen and oxygen atoms in total. The van der Waals surface area contributed by atoms with Crippen LogP contribution in [0.25, 0.3) is 0 Å². The summed E-state index contributed by atoms with van der Waals surface area (Å²) in [7, 11) is -3.03. The average molecular weight is 254 g/mol. The van der Waals surface area contributed by atoms with Gasteiger partial charge in [-0.2, -0.15) is 0 Å². The van der Waals surface area contributed by atoms with Gasteiger partial charge in [-0.05, 0) is 12.8 Å². The normalized spacial score (nSPS) is 25.7. The molecule has 1 heterocycles. The first-order chi connectivity index (χ1) is 7.46. The van der Waals surface area contributed by atoms with E-state index in [-0.39, 0.29) is 6.61 Å². The predicted molar refractivity (Wildman–Crippen MR) is 53.5 cm³/mol. The van der Waals surface area contributed by atoms with E-state index in [9.17, 15) is 4.57 Å². The van der Waals surface area contributed by atoms with Crippen molar-refractivity contribution in [3.63, 3.8) is 0 Å². The first kappa shape index (κ1) is 13.6. The third-order valence-corrected chi connectivity index (χ3v) is 2.62. The van der Waals surface area contributed by atoms with Crippen molar-refractivity contribution < 1.29 is 28.5 Å². The number of nitrogens with one attached hydrogen (secondary N) is 1. The Kier molecular flexibility index (Phi) is 4.85. The SMILES string of the molecule is CON(C=N)[C@H]1CC[C@@H](COP(=O)(O)O)O1. The highest BCUT2D eigenvalue weighted by molar-refractivity contribution is 7.46. The largest absolute Gasteiger partial charge is 0.469 e. The summed E-state index contributed by atoms with van der Waals surface area (Å²) in [6, 6.07) is 0. The monoisotopic (exact) mass is 254 g/mol. The summed E-state index contributed by atoms with van der Waals surface area (Å²) in [6.45, 7) is -0.170. The summed E-state index contributed by atoms with van der Waals surface area (Å²) in [5, 5.41) is 8.25. The zero-order valence-corrected chi connectivity index (χ0v) is 9.67. The molecule has 1 rings (SSSR count). The zero-order chi connectivity index (χ0) is 12.2. The van der Waals surface area contributed by atoms with Crippen LogP contribution in [0, 0.1) is 5.41 Å². The van der Waals surface area contributed by atoms with E-state index >= 15 is 0 Å². The molecule has 0 aromatic heterocycles. The number of hydroxylamine groups is 2. The van der Waals surface area contributed by atoms with Crippen molar-refractivity contribution in [1.29, 1.82) is 5.41 Å². The Morgan fingerprint density at radius 2 is 2.31 bits per heavy atom. The molecule has 0 bridgehead atoms. The van der Waals surface area contributed by atoms with Crippen molar-refractivity contribution in [3.8, 4) is 0 Å². The summed E-state index contributed by atoms with van der Waals surface area (Å²) in [6.07, 6.45) is 1.39. The van der Waals surface area contributed by atoms with E-state index in [0.29, 0.717) is 12.8 Å². The summed E-state index contributed by atoms with van der Waals surface area (Å²) >= 11 is 0. The molecule has 2 atom stereocenters. The Balaban J connectivity index is 2.35. The summed E-state index contributed by atoms with van der Waals surface area (Å²) in [5.41, 5.74) is 0. The molecule has 0 radical (unpaired) electrons. The van der Waals surface area contributed by atoms with Gasteiger partial charge in [0.25, 0.3) is 0 Å². The van der Waals surface area contributed by atoms with Gasteiger partial charge in [0.05, 0.1) is 19.8 Å². The predicted octanol–water partition coefficient (Wildman–Crippen LogP) is 0.0713. The van der Waals surface area contributed by atoms with Crippen molar-refractivity contribution in [2.75, 3.05) is 13.7 Å². The highest BCUT2D eigenvalue weighted by Crippen LogP contribution is 2.37. The van der Waals surface area contributed by atoms with Crippen LogP contribution in [0.5, 0.6) is 0 Å². The minimum Gasteiger partial charge on any atom is -0.350 e. The van der Waals surface area contributed by atoms with Crippen LogP contribution in [0.1, 0.15) is 12.8 Å². The fourth-order valence-electron chi connectivity index (χ4n) is 1.43. The van der Waals surface area contributed by atoms with E-state index in [4.69, 9.17) is 24.8 Å². The van der Waals surface area contributed by atoms with E-state index in [1.165, 1.54) is 12.2 Å². The number of phosphoric acid groups is 1. The maximum atomic E-state index is 10.5. The molecule has 9 heteroatoms. The van der Waals surface area contributed by atoms with Crippen LogP contribution in [0.4, 0.5) is 0 Å². The van der Waals surface area contributed by atoms with Crippen LogP contribution in [-0.4, -0.2) is 47.2 Å². The molecule has 94 valence electrons. The Bertz CT molecular complexity index is 282. The molecule has 0 aliphatic carbocycles. The van der Waals surface area contributed by atoms with Gasteiger partial charge in [-0.1, -0.05) is 0 Å². The van der Waals surface area contributed by atoms with Gasteiger partial charge in [0.15, 0.2) is 6.23 Å². The number of ether oxygens (including phenoxy) is 1. The van der Waals surface area contributed by atoms with Gasteiger partial charge in [0.1, 0.15) is 6.34 Å². The molecular formula is C7H15N2O6P. The second kappa shape index (κ2) is 5.72. The summed E-state index contributed by atoms with van der Waals surface area (Å²) in [5.74, 6) is 0. The van der Waals surface area contributed by atoms with Crippen molar-refractivity contribution in [1.82, 2.24) is 5.06 Å². The number of rotatable bonds is 6. The third kappa shape index (κ3) is 4.17. The van der Waals surface area contributed by atoms with Gasteiger partial charge in [0, 0.05) is 0 Å². The minimum atomic E-state index is -4.45. The van der Waals surface area contributed by atoms with Gasteiger partial charge in [-0.25, -0.2) is 9.63 Å². The first-order valence-electron chi connectivity index (χ1n) is 4.65. The molecule has 0 spiro atoms.